The van der Waals surface area contributed by atoms with E-state index in [1.807, 2.05) is 6.07 Å². The minimum Gasteiger partial charge on any atom is -0.506 e. The number of hydrogen-bond donors (Lipinski definition) is 2. The molecule has 1 aliphatic heterocycles. The van der Waals surface area contributed by atoms with Crippen LogP contribution in [0.4, 0.5) is 0 Å². The van der Waals surface area contributed by atoms with Gasteiger partial charge >= 0.3 is 0 Å². The summed E-state index contributed by atoms with van der Waals surface area (Å²) < 4.78 is 0.933. The molecule has 0 spiro atoms. The van der Waals surface area contributed by atoms with Crippen LogP contribution >= 0.6 is 22.6 Å². The average molecular weight is 304 g/mol. The number of pyridine rings is 1. The molecule has 0 aliphatic carbocycles. The number of piperidine rings is 1. The van der Waals surface area contributed by atoms with Gasteiger partial charge in [-0.1, -0.05) is 6.42 Å². The molecule has 0 aromatic carbocycles. The molecule has 0 unspecified atom stereocenters. The van der Waals surface area contributed by atoms with E-state index in [-0.39, 0.29) is 6.04 Å². The largest absolute Gasteiger partial charge is 0.506 e. The van der Waals surface area contributed by atoms with Gasteiger partial charge in [-0.2, -0.15) is 0 Å². The van der Waals surface area contributed by atoms with Crippen LogP contribution in [-0.4, -0.2) is 16.6 Å². The number of nitrogens with zero attached hydrogens (tertiary/aromatic N) is 1. The van der Waals surface area contributed by atoms with Gasteiger partial charge < -0.3 is 10.4 Å². The molecule has 0 saturated carbocycles. The first-order chi connectivity index (χ1) is 6.77. The Morgan fingerprint density at radius 3 is 3.00 bits per heavy atom. The third-order valence-corrected chi connectivity index (χ3v) is 3.11. The van der Waals surface area contributed by atoms with Gasteiger partial charge in [0.15, 0.2) is 0 Å². The van der Waals surface area contributed by atoms with Crippen molar-refractivity contribution in [3.63, 3.8) is 0 Å². The van der Waals surface area contributed by atoms with E-state index < -0.39 is 0 Å². The van der Waals surface area contributed by atoms with Crippen molar-refractivity contribution in [3.05, 3.63) is 21.5 Å². The van der Waals surface area contributed by atoms with Crippen LogP contribution in [0.15, 0.2) is 12.1 Å². The number of aromatic nitrogens is 1. The highest BCUT2D eigenvalue weighted by molar-refractivity contribution is 14.1. The van der Waals surface area contributed by atoms with Gasteiger partial charge in [0.25, 0.3) is 0 Å². The molecule has 1 aromatic heterocycles. The Morgan fingerprint density at radius 2 is 2.29 bits per heavy atom. The van der Waals surface area contributed by atoms with Crippen LogP contribution in [0.1, 0.15) is 31.0 Å². The summed E-state index contributed by atoms with van der Waals surface area (Å²) in [6.07, 6.45) is 3.51. The summed E-state index contributed by atoms with van der Waals surface area (Å²) in [5.74, 6) is 0.310. The summed E-state index contributed by atoms with van der Waals surface area (Å²) in [4.78, 5) is 4.37. The maximum atomic E-state index is 9.68. The Labute approximate surface area is 97.1 Å². The molecule has 0 amide bonds. The summed E-state index contributed by atoms with van der Waals surface area (Å²) in [7, 11) is 0. The summed E-state index contributed by atoms with van der Waals surface area (Å²) in [6, 6.07) is 3.78. The van der Waals surface area contributed by atoms with Crippen molar-refractivity contribution < 1.29 is 5.11 Å². The Kier molecular flexibility index (Phi) is 3.22. The third-order valence-electron chi connectivity index (χ3n) is 2.51. The van der Waals surface area contributed by atoms with Crippen LogP contribution in [0.3, 0.4) is 0 Å². The smallest absolute Gasteiger partial charge is 0.138 e. The molecule has 3 nitrogen and oxygen atoms in total. The van der Waals surface area contributed by atoms with Crippen LogP contribution in [0.2, 0.25) is 0 Å². The number of halogens is 1. The predicted octanol–water partition coefficient (Wildman–Crippen LogP) is 2.21. The molecule has 0 bridgehead atoms. The number of rotatable bonds is 1. The van der Waals surface area contributed by atoms with Crippen LogP contribution in [0, 0.1) is 3.70 Å². The normalized spacial score (nSPS) is 22.2. The van der Waals surface area contributed by atoms with Crippen molar-refractivity contribution in [2.75, 3.05) is 6.54 Å². The molecular weight excluding hydrogens is 291 g/mol. The zero-order valence-electron chi connectivity index (χ0n) is 7.83. The second kappa shape index (κ2) is 4.44. The SMILES string of the molecule is Oc1ccc(I)nc1[C@H]1CCCCN1. The topological polar surface area (TPSA) is 45.2 Å². The van der Waals surface area contributed by atoms with Crippen LogP contribution in [-0.2, 0) is 0 Å². The van der Waals surface area contributed by atoms with E-state index in [4.69, 9.17) is 0 Å². The second-order valence-electron chi connectivity index (χ2n) is 3.54. The first kappa shape index (κ1) is 10.2. The Balaban J connectivity index is 2.24. The Bertz CT molecular complexity index is 324. The molecule has 76 valence electrons. The van der Waals surface area contributed by atoms with Gasteiger partial charge in [-0.05, 0) is 54.1 Å². The molecule has 1 atom stereocenters. The first-order valence-electron chi connectivity index (χ1n) is 4.86. The molecule has 1 fully saturated rings. The molecular formula is C10H13IN2O. The lowest BCUT2D eigenvalue weighted by Gasteiger charge is -2.23. The fourth-order valence-corrected chi connectivity index (χ4v) is 2.22. The van der Waals surface area contributed by atoms with Gasteiger partial charge in [0.05, 0.1) is 6.04 Å². The van der Waals surface area contributed by atoms with Crippen molar-refractivity contribution in [1.82, 2.24) is 10.3 Å². The fraction of sp³-hybridized carbons (Fsp3) is 0.500. The maximum absolute atomic E-state index is 9.68. The highest BCUT2D eigenvalue weighted by Gasteiger charge is 2.19. The highest BCUT2D eigenvalue weighted by Crippen LogP contribution is 2.28. The third kappa shape index (κ3) is 2.17. The second-order valence-corrected chi connectivity index (χ2v) is 4.65. The van der Waals surface area contributed by atoms with Gasteiger partial charge in [0.1, 0.15) is 15.1 Å². The zero-order chi connectivity index (χ0) is 9.97. The van der Waals surface area contributed by atoms with E-state index in [1.165, 1.54) is 12.8 Å². The van der Waals surface area contributed by atoms with Crippen molar-refractivity contribution in [1.29, 1.82) is 0 Å². The number of nitrogens with one attached hydrogen (secondary N) is 1. The lowest BCUT2D eigenvalue weighted by Crippen LogP contribution is -2.27. The van der Waals surface area contributed by atoms with Gasteiger partial charge in [-0.15, -0.1) is 0 Å². The van der Waals surface area contributed by atoms with E-state index in [0.717, 1.165) is 22.4 Å². The molecule has 1 aliphatic rings. The minimum atomic E-state index is 0.235. The van der Waals surface area contributed by atoms with Crippen molar-refractivity contribution in [2.24, 2.45) is 0 Å². The lowest BCUT2D eigenvalue weighted by molar-refractivity contribution is 0.382. The van der Waals surface area contributed by atoms with Crippen LogP contribution < -0.4 is 5.32 Å². The van der Waals surface area contributed by atoms with E-state index in [2.05, 4.69) is 32.9 Å². The molecule has 0 radical (unpaired) electrons. The first-order valence-corrected chi connectivity index (χ1v) is 5.94. The Hall–Kier alpha value is -0.360. The summed E-state index contributed by atoms with van der Waals surface area (Å²) in [6.45, 7) is 1.03. The molecule has 2 rings (SSSR count). The fourth-order valence-electron chi connectivity index (χ4n) is 1.78. The molecule has 2 N–H and O–H groups in total. The maximum Gasteiger partial charge on any atom is 0.138 e. The summed E-state index contributed by atoms with van der Waals surface area (Å²) in [5, 5.41) is 13.1. The van der Waals surface area contributed by atoms with Crippen molar-refractivity contribution in [3.8, 4) is 5.75 Å². The summed E-state index contributed by atoms with van der Waals surface area (Å²) >= 11 is 2.17. The molecule has 1 aromatic rings. The quantitative estimate of drug-likeness (QED) is 0.617. The van der Waals surface area contributed by atoms with E-state index in [1.54, 1.807) is 6.07 Å². The van der Waals surface area contributed by atoms with Crippen LogP contribution in [0.25, 0.3) is 0 Å². The highest BCUT2D eigenvalue weighted by atomic mass is 127. The van der Waals surface area contributed by atoms with Gasteiger partial charge in [-0.3, -0.25) is 0 Å². The van der Waals surface area contributed by atoms with E-state index in [9.17, 15) is 5.11 Å². The lowest BCUT2D eigenvalue weighted by atomic mass is 10.0. The zero-order valence-corrected chi connectivity index (χ0v) is 9.99. The minimum absolute atomic E-state index is 0.235. The van der Waals surface area contributed by atoms with E-state index in [0.29, 0.717) is 5.75 Å². The molecule has 2 heterocycles. The van der Waals surface area contributed by atoms with Crippen molar-refractivity contribution >= 4 is 22.6 Å². The molecule has 4 heteroatoms. The molecule has 14 heavy (non-hydrogen) atoms. The Morgan fingerprint density at radius 1 is 1.43 bits per heavy atom. The molecule has 1 saturated heterocycles. The van der Waals surface area contributed by atoms with E-state index >= 15 is 0 Å². The predicted molar refractivity (Wildman–Crippen MR) is 63.2 cm³/mol. The number of aromatic hydroxyl groups is 1. The van der Waals surface area contributed by atoms with Gasteiger partial charge in [-0.25, -0.2) is 4.98 Å². The number of hydrogen-bond acceptors (Lipinski definition) is 3. The van der Waals surface area contributed by atoms with Gasteiger partial charge in [0, 0.05) is 0 Å². The summed E-state index contributed by atoms with van der Waals surface area (Å²) in [5.41, 5.74) is 0.802. The standard InChI is InChI=1S/C10H13IN2O/c11-9-5-4-8(14)10(13-9)7-3-1-2-6-12-7/h4-5,7,12,14H,1-3,6H2/t7-/m1/s1. The van der Waals surface area contributed by atoms with Gasteiger partial charge in [0.2, 0.25) is 0 Å². The van der Waals surface area contributed by atoms with Crippen LogP contribution in [0.5, 0.6) is 5.75 Å². The average Bonchev–Trinajstić information content (AvgIpc) is 2.23. The van der Waals surface area contributed by atoms with Crippen molar-refractivity contribution in [2.45, 2.75) is 25.3 Å². The monoisotopic (exact) mass is 304 g/mol.